The maximum atomic E-state index is 13.3. The molecular weight excluding hydrogens is 255 g/mol. The first-order valence-corrected chi connectivity index (χ1v) is 6.69. The summed E-state index contributed by atoms with van der Waals surface area (Å²) in [5, 5.41) is 0. The van der Waals surface area contributed by atoms with E-state index >= 15 is 0 Å². The summed E-state index contributed by atoms with van der Waals surface area (Å²) < 4.78 is 13.3. The van der Waals surface area contributed by atoms with Gasteiger partial charge in [0.15, 0.2) is 0 Å². The molecule has 1 aliphatic rings. The van der Waals surface area contributed by atoms with Crippen molar-refractivity contribution in [3.05, 3.63) is 59.7 Å². The Labute approximate surface area is 117 Å². The molecule has 20 heavy (non-hydrogen) atoms. The molecule has 2 heterocycles. The van der Waals surface area contributed by atoms with Crippen LogP contribution in [-0.4, -0.2) is 16.9 Å². The zero-order valence-electron chi connectivity index (χ0n) is 11.2. The van der Waals surface area contributed by atoms with Crippen molar-refractivity contribution in [3.63, 3.8) is 0 Å². The van der Waals surface area contributed by atoms with Crippen molar-refractivity contribution in [1.82, 2.24) is 4.98 Å². The van der Waals surface area contributed by atoms with Crippen molar-refractivity contribution in [2.75, 3.05) is 4.90 Å². The number of pyridine rings is 1. The third kappa shape index (κ3) is 2.18. The van der Waals surface area contributed by atoms with Crippen molar-refractivity contribution < 1.29 is 9.18 Å². The molecule has 4 heteroatoms. The Morgan fingerprint density at radius 1 is 1.30 bits per heavy atom. The highest BCUT2D eigenvalue weighted by atomic mass is 19.1. The Balaban J connectivity index is 2.03. The minimum absolute atomic E-state index is 0.0625. The first-order chi connectivity index (χ1) is 9.66. The fraction of sp³-hybridized carbons (Fsp3) is 0.250. The molecule has 102 valence electrons. The minimum atomic E-state index is -0.255. The van der Waals surface area contributed by atoms with Crippen LogP contribution in [0.4, 0.5) is 10.1 Å². The third-order valence-corrected chi connectivity index (χ3v) is 3.72. The van der Waals surface area contributed by atoms with Crippen LogP contribution in [0.1, 0.15) is 29.3 Å². The molecule has 0 spiro atoms. The van der Waals surface area contributed by atoms with Crippen LogP contribution in [0.25, 0.3) is 0 Å². The van der Waals surface area contributed by atoms with Crippen LogP contribution in [0.5, 0.6) is 0 Å². The Morgan fingerprint density at radius 3 is 2.80 bits per heavy atom. The first-order valence-electron chi connectivity index (χ1n) is 6.69. The summed E-state index contributed by atoms with van der Waals surface area (Å²) in [4.78, 5) is 18.3. The van der Waals surface area contributed by atoms with Gasteiger partial charge in [-0.3, -0.25) is 9.78 Å². The predicted octanol–water partition coefficient (Wildman–Crippen LogP) is 3.20. The number of nitrogens with zero attached hydrogens (tertiary/aromatic N) is 2. The second-order valence-electron chi connectivity index (χ2n) is 5.07. The molecule has 1 aromatic carbocycles. The topological polar surface area (TPSA) is 33.2 Å². The molecule has 1 atom stereocenters. The molecule has 0 radical (unpaired) electrons. The third-order valence-electron chi connectivity index (χ3n) is 3.72. The molecule has 2 aromatic rings. The number of halogens is 1. The molecular formula is C16H15FN2O. The summed E-state index contributed by atoms with van der Waals surface area (Å²) in [6.45, 7) is 2.02. The quantitative estimate of drug-likeness (QED) is 0.797. The summed E-state index contributed by atoms with van der Waals surface area (Å²) in [5.74, 6) is -0.318. The molecule has 0 bridgehead atoms. The van der Waals surface area contributed by atoms with Crippen LogP contribution >= 0.6 is 0 Å². The van der Waals surface area contributed by atoms with E-state index in [-0.39, 0.29) is 17.8 Å². The molecule has 0 saturated heterocycles. The number of amides is 1. The van der Waals surface area contributed by atoms with E-state index in [4.69, 9.17) is 0 Å². The Kier molecular flexibility index (Phi) is 3.22. The average Bonchev–Trinajstić information content (AvgIpc) is 2.48. The van der Waals surface area contributed by atoms with Gasteiger partial charge in [0.05, 0.1) is 0 Å². The lowest BCUT2D eigenvalue weighted by Crippen LogP contribution is -2.42. The van der Waals surface area contributed by atoms with Gasteiger partial charge in [0.25, 0.3) is 5.91 Å². The second-order valence-corrected chi connectivity index (χ2v) is 5.07. The minimum Gasteiger partial charge on any atom is -0.305 e. The molecule has 0 aliphatic carbocycles. The number of carbonyl (C=O) groups is 1. The normalized spacial score (nSPS) is 17.7. The molecule has 3 nitrogen and oxygen atoms in total. The summed E-state index contributed by atoms with van der Waals surface area (Å²) in [7, 11) is 0. The fourth-order valence-corrected chi connectivity index (χ4v) is 2.66. The Hall–Kier alpha value is -2.23. The molecule has 0 N–H and O–H groups in total. The van der Waals surface area contributed by atoms with Gasteiger partial charge in [0, 0.05) is 29.7 Å². The zero-order chi connectivity index (χ0) is 14.1. The second kappa shape index (κ2) is 5.04. The number of aryl methyl sites for hydroxylation is 1. The van der Waals surface area contributed by atoms with Crippen LogP contribution in [0, 0.1) is 5.82 Å². The van der Waals surface area contributed by atoms with Crippen LogP contribution in [-0.2, 0) is 6.42 Å². The highest BCUT2D eigenvalue weighted by Gasteiger charge is 2.29. The number of aromatic nitrogens is 1. The summed E-state index contributed by atoms with van der Waals surface area (Å²) in [6.07, 6.45) is 4.85. The predicted molar refractivity (Wildman–Crippen MR) is 75.2 cm³/mol. The van der Waals surface area contributed by atoms with E-state index < -0.39 is 0 Å². The van der Waals surface area contributed by atoms with Gasteiger partial charge >= 0.3 is 0 Å². The maximum Gasteiger partial charge on any atom is 0.258 e. The van der Waals surface area contributed by atoms with Gasteiger partial charge in [0.2, 0.25) is 0 Å². The molecule has 1 amide bonds. The number of hydrogen-bond acceptors (Lipinski definition) is 2. The summed E-state index contributed by atoms with van der Waals surface area (Å²) in [5.41, 5.74) is 2.31. The SMILES string of the molecule is C[C@@H]1CCc2cc(F)ccc2N1C(=O)c1ccncc1. The molecule has 3 rings (SSSR count). The van der Waals surface area contributed by atoms with Crippen LogP contribution in [0.2, 0.25) is 0 Å². The number of fused-ring (bicyclic) bond motifs is 1. The lowest BCUT2D eigenvalue weighted by molar-refractivity contribution is 0.0975. The zero-order valence-corrected chi connectivity index (χ0v) is 11.2. The van der Waals surface area contributed by atoms with Crippen LogP contribution in [0.3, 0.4) is 0 Å². The Bertz CT molecular complexity index is 642. The largest absolute Gasteiger partial charge is 0.305 e. The number of carbonyl (C=O) groups excluding carboxylic acids is 1. The van der Waals surface area contributed by atoms with E-state index in [1.807, 2.05) is 6.92 Å². The standard InChI is InChI=1S/C16H15FN2O/c1-11-2-3-13-10-14(17)4-5-15(13)19(11)16(20)12-6-8-18-9-7-12/h4-11H,2-3H2,1H3/t11-/m1/s1. The lowest BCUT2D eigenvalue weighted by Gasteiger charge is -2.35. The highest BCUT2D eigenvalue weighted by molar-refractivity contribution is 6.07. The van der Waals surface area contributed by atoms with E-state index in [0.29, 0.717) is 5.56 Å². The molecule has 0 unspecified atom stereocenters. The smallest absolute Gasteiger partial charge is 0.258 e. The van der Waals surface area contributed by atoms with Gasteiger partial charge < -0.3 is 4.90 Å². The van der Waals surface area contributed by atoms with Crippen LogP contribution in [0.15, 0.2) is 42.7 Å². The monoisotopic (exact) mass is 270 g/mol. The van der Waals surface area contributed by atoms with Crippen molar-refractivity contribution in [2.45, 2.75) is 25.8 Å². The van der Waals surface area contributed by atoms with Crippen LogP contribution < -0.4 is 4.90 Å². The maximum absolute atomic E-state index is 13.3. The van der Waals surface area contributed by atoms with Gasteiger partial charge in [-0.1, -0.05) is 0 Å². The van der Waals surface area contributed by atoms with Crippen molar-refractivity contribution in [1.29, 1.82) is 0 Å². The van der Waals surface area contributed by atoms with Gasteiger partial charge in [-0.2, -0.15) is 0 Å². The fourth-order valence-electron chi connectivity index (χ4n) is 2.66. The van der Waals surface area contributed by atoms with Gasteiger partial charge in [-0.05, 0) is 55.7 Å². The van der Waals surface area contributed by atoms with Crippen molar-refractivity contribution in [2.24, 2.45) is 0 Å². The van der Waals surface area contributed by atoms with E-state index in [2.05, 4.69) is 4.98 Å². The number of anilines is 1. The molecule has 0 fully saturated rings. The van der Waals surface area contributed by atoms with Gasteiger partial charge in [-0.25, -0.2) is 4.39 Å². The van der Waals surface area contributed by atoms with E-state index in [1.54, 1.807) is 35.5 Å². The average molecular weight is 270 g/mol. The summed E-state index contributed by atoms with van der Waals surface area (Å²) in [6, 6.07) is 8.13. The van der Waals surface area contributed by atoms with E-state index in [0.717, 1.165) is 24.1 Å². The molecule has 1 aromatic heterocycles. The number of rotatable bonds is 1. The molecule has 1 aliphatic heterocycles. The number of benzene rings is 1. The highest BCUT2D eigenvalue weighted by Crippen LogP contribution is 2.32. The Morgan fingerprint density at radius 2 is 2.05 bits per heavy atom. The van der Waals surface area contributed by atoms with E-state index in [9.17, 15) is 9.18 Å². The lowest BCUT2D eigenvalue weighted by atomic mass is 9.95. The van der Waals surface area contributed by atoms with Crippen molar-refractivity contribution >= 4 is 11.6 Å². The summed E-state index contributed by atoms with van der Waals surface area (Å²) >= 11 is 0. The van der Waals surface area contributed by atoms with E-state index in [1.165, 1.54) is 12.1 Å². The molecule has 0 saturated carbocycles. The van der Waals surface area contributed by atoms with Gasteiger partial charge in [0.1, 0.15) is 5.82 Å². The number of hydrogen-bond donors (Lipinski definition) is 0. The first kappa shape index (κ1) is 12.8. The van der Waals surface area contributed by atoms with Gasteiger partial charge in [-0.15, -0.1) is 0 Å². The van der Waals surface area contributed by atoms with Crippen molar-refractivity contribution in [3.8, 4) is 0 Å².